The monoisotopic (exact) mass is 292 g/mol. The summed E-state index contributed by atoms with van der Waals surface area (Å²) in [6.07, 6.45) is 0.218. The van der Waals surface area contributed by atoms with Crippen LogP contribution in [0.1, 0.15) is 26.7 Å². The van der Waals surface area contributed by atoms with Crippen LogP contribution in [0.2, 0.25) is 0 Å². The van der Waals surface area contributed by atoms with E-state index in [1.54, 1.807) is 32.0 Å². The van der Waals surface area contributed by atoms with Crippen molar-refractivity contribution >= 4 is 18.1 Å². The summed E-state index contributed by atoms with van der Waals surface area (Å²) in [6.45, 7) is 3.24. The van der Waals surface area contributed by atoms with Gasteiger partial charge in [-0.2, -0.15) is 0 Å². The molecular weight excluding hydrogens is 275 g/mol. The lowest BCUT2D eigenvalue weighted by Gasteiger charge is -2.29. The van der Waals surface area contributed by atoms with Gasteiger partial charge in [0.2, 0.25) is 9.84 Å². The maximum atomic E-state index is 12.5. The van der Waals surface area contributed by atoms with Crippen LogP contribution in [0, 0.1) is 0 Å². The van der Waals surface area contributed by atoms with E-state index >= 15 is 0 Å². The minimum absolute atomic E-state index is 0.0944. The highest BCUT2D eigenvalue weighted by Gasteiger charge is 2.44. The molecule has 0 aliphatic heterocycles. The molecule has 0 aliphatic rings. The summed E-state index contributed by atoms with van der Waals surface area (Å²) in [5.74, 6) is 0. The maximum absolute atomic E-state index is 12.5. The second-order valence-electron chi connectivity index (χ2n) is 3.80. The van der Waals surface area contributed by atoms with E-state index in [2.05, 4.69) is 0 Å². The van der Waals surface area contributed by atoms with Crippen molar-refractivity contribution in [3.63, 3.8) is 0 Å². The Morgan fingerprint density at radius 3 is 2.11 bits per heavy atom. The van der Waals surface area contributed by atoms with Crippen molar-refractivity contribution < 1.29 is 22.4 Å². The second-order valence-corrected chi connectivity index (χ2v) is 6.76. The Bertz CT molecular complexity index is 507. The minimum Gasteiger partial charge on any atom is -0.326 e. The molecule has 1 rings (SSSR count). The number of hydrogen-bond acceptors (Lipinski definition) is 4. The smallest absolute Gasteiger partial charge is 0.318 e. The third-order valence-electron chi connectivity index (χ3n) is 2.89. The summed E-state index contributed by atoms with van der Waals surface area (Å²) >= 11 is 0. The van der Waals surface area contributed by atoms with Crippen molar-refractivity contribution in [3.8, 4) is 0 Å². The zero-order chi connectivity index (χ0) is 13.8. The van der Waals surface area contributed by atoms with E-state index in [0.29, 0.717) is 0 Å². The standard InChI is InChI=1S/C11H17O5PS/c1-3-11(4-2,16-17(12)13)18(14,15)10-8-6-5-7-9-10/h5-9,17H,3-4H2,1-2H3,(H,12,13). The summed E-state index contributed by atoms with van der Waals surface area (Å²) in [5.41, 5.74) is 0. The number of hydrogen-bond donors (Lipinski definition) is 1. The predicted octanol–water partition coefficient (Wildman–Crippen LogP) is 2.38. The Balaban J connectivity index is 3.33. The lowest BCUT2D eigenvalue weighted by molar-refractivity contribution is 0.135. The zero-order valence-electron chi connectivity index (χ0n) is 10.3. The molecule has 0 amide bonds. The molecule has 0 spiro atoms. The van der Waals surface area contributed by atoms with E-state index in [0.717, 1.165) is 0 Å². The van der Waals surface area contributed by atoms with E-state index in [-0.39, 0.29) is 17.7 Å². The molecule has 5 nitrogen and oxygen atoms in total. The Morgan fingerprint density at radius 2 is 1.72 bits per heavy atom. The van der Waals surface area contributed by atoms with Gasteiger partial charge >= 0.3 is 8.25 Å². The molecule has 7 heteroatoms. The third kappa shape index (κ3) is 2.83. The molecule has 0 bridgehead atoms. The molecule has 0 heterocycles. The van der Waals surface area contributed by atoms with Crippen LogP contribution in [0.25, 0.3) is 0 Å². The molecule has 1 N–H and O–H groups in total. The fourth-order valence-corrected chi connectivity index (χ4v) is 4.77. The average Bonchev–Trinajstić information content (AvgIpc) is 2.36. The molecule has 18 heavy (non-hydrogen) atoms. The van der Waals surface area contributed by atoms with Crippen molar-refractivity contribution in [2.75, 3.05) is 0 Å². The third-order valence-corrected chi connectivity index (χ3v) is 6.14. The molecule has 102 valence electrons. The van der Waals surface area contributed by atoms with Gasteiger partial charge in [-0.25, -0.2) is 8.42 Å². The lowest BCUT2D eigenvalue weighted by Crippen LogP contribution is -2.38. The highest BCUT2D eigenvalue weighted by atomic mass is 32.2. The molecule has 0 aliphatic carbocycles. The summed E-state index contributed by atoms with van der Waals surface area (Å²) in [4.78, 5) is 7.37. The van der Waals surface area contributed by atoms with E-state index in [9.17, 15) is 13.0 Å². The molecule has 1 aromatic carbocycles. The zero-order valence-corrected chi connectivity index (χ0v) is 12.1. The molecule has 0 radical (unpaired) electrons. The number of rotatable bonds is 6. The van der Waals surface area contributed by atoms with Crippen molar-refractivity contribution in [2.45, 2.75) is 36.5 Å². The van der Waals surface area contributed by atoms with Gasteiger partial charge in [0.25, 0.3) is 0 Å². The highest BCUT2D eigenvalue weighted by molar-refractivity contribution is 7.92. The summed E-state index contributed by atoms with van der Waals surface area (Å²) in [6, 6.07) is 7.81. The Kier molecular flexibility index (Phi) is 5.10. The van der Waals surface area contributed by atoms with Crippen LogP contribution in [0.3, 0.4) is 0 Å². The van der Waals surface area contributed by atoms with Gasteiger partial charge in [-0.1, -0.05) is 32.0 Å². The molecular formula is C11H17O5PS. The topological polar surface area (TPSA) is 80.7 Å². The van der Waals surface area contributed by atoms with Gasteiger partial charge < -0.3 is 4.89 Å². The van der Waals surface area contributed by atoms with Gasteiger partial charge in [-0.3, -0.25) is 9.09 Å². The number of sulfone groups is 1. The van der Waals surface area contributed by atoms with Crippen molar-refractivity contribution in [2.24, 2.45) is 0 Å². The first kappa shape index (κ1) is 15.4. The largest absolute Gasteiger partial charge is 0.326 e. The SMILES string of the molecule is CCC(CC)(O[PH](=O)O)S(=O)(=O)c1ccccc1. The van der Waals surface area contributed by atoms with E-state index < -0.39 is 23.0 Å². The van der Waals surface area contributed by atoms with Crippen LogP contribution in [0.5, 0.6) is 0 Å². The Morgan fingerprint density at radius 1 is 1.22 bits per heavy atom. The molecule has 0 fully saturated rings. The Labute approximate surface area is 108 Å². The first-order valence-corrected chi connectivity index (χ1v) is 8.36. The minimum atomic E-state index is -3.81. The molecule has 0 aromatic heterocycles. The van der Waals surface area contributed by atoms with Gasteiger partial charge in [0.15, 0.2) is 4.93 Å². The van der Waals surface area contributed by atoms with E-state index in [4.69, 9.17) is 9.42 Å². The van der Waals surface area contributed by atoms with E-state index in [1.165, 1.54) is 12.1 Å². The first-order chi connectivity index (χ1) is 8.39. The highest BCUT2D eigenvalue weighted by Crippen LogP contribution is 2.39. The van der Waals surface area contributed by atoms with Crippen LogP contribution in [0.15, 0.2) is 35.2 Å². The van der Waals surface area contributed by atoms with Gasteiger partial charge in [-0.05, 0) is 25.0 Å². The van der Waals surface area contributed by atoms with Gasteiger partial charge in [0.1, 0.15) is 0 Å². The van der Waals surface area contributed by atoms with Crippen LogP contribution in [-0.4, -0.2) is 18.2 Å². The van der Waals surface area contributed by atoms with Crippen molar-refractivity contribution in [1.82, 2.24) is 0 Å². The lowest BCUT2D eigenvalue weighted by atomic mass is 10.2. The van der Waals surface area contributed by atoms with Crippen molar-refractivity contribution in [1.29, 1.82) is 0 Å². The molecule has 1 atom stereocenters. The fraction of sp³-hybridized carbons (Fsp3) is 0.455. The summed E-state index contributed by atoms with van der Waals surface area (Å²) in [5, 5.41) is 0. The second kappa shape index (κ2) is 5.97. The predicted molar refractivity (Wildman–Crippen MR) is 69.2 cm³/mol. The average molecular weight is 292 g/mol. The first-order valence-electron chi connectivity index (χ1n) is 5.61. The van der Waals surface area contributed by atoms with Crippen molar-refractivity contribution in [3.05, 3.63) is 30.3 Å². The van der Waals surface area contributed by atoms with E-state index in [1.807, 2.05) is 0 Å². The Hall–Kier alpha value is -0.680. The normalized spacial score (nSPS) is 14.4. The maximum Gasteiger partial charge on any atom is 0.318 e. The fourth-order valence-electron chi connectivity index (χ4n) is 1.80. The van der Waals surface area contributed by atoms with Gasteiger partial charge in [0, 0.05) is 0 Å². The molecule has 1 aromatic rings. The molecule has 0 saturated carbocycles. The molecule has 1 unspecified atom stereocenters. The summed E-state index contributed by atoms with van der Waals surface area (Å²) < 4.78 is 40.8. The molecule has 0 saturated heterocycles. The van der Waals surface area contributed by atoms with Gasteiger partial charge in [-0.15, -0.1) is 0 Å². The number of benzene rings is 1. The van der Waals surface area contributed by atoms with Gasteiger partial charge in [0.05, 0.1) is 4.90 Å². The summed E-state index contributed by atoms with van der Waals surface area (Å²) in [7, 11) is -7.15. The van der Waals surface area contributed by atoms with Crippen LogP contribution in [-0.2, 0) is 18.9 Å². The van der Waals surface area contributed by atoms with Crippen LogP contribution in [0.4, 0.5) is 0 Å². The van der Waals surface area contributed by atoms with Crippen LogP contribution >= 0.6 is 8.25 Å². The quantitative estimate of drug-likeness (QED) is 0.814. The van der Waals surface area contributed by atoms with Crippen LogP contribution < -0.4 is 0 Å².